The second-order valence-electron chi connectivity index (χ2n) is 5.48. The maximum Gasteiger partial charge on any atom is 0.186 e. The van der Waals surface area contributed by atoms with Crippen LogP contribution in [0.15, 0.2) is 16.8 Å². The first-order valence-corrected chi connectivity index (χ1v) is 6.73. The van der Waals surface area contributed by atoms with Gasteiger partial charge in [-0.25, -0.2) is 0 Å². The van der Waals surface area contributed by atoms with Gasteiger partial charge in [-0.3, -0.25) is 5.43 Å². The molecule has 0 aromatic rings. The van der Waals surface area contributed by atoms with Crippen LogP contribution < -0.4 is 10.7 Å². The van der Waals surface area contributed by atoms with E-state index in [4.69, 9.17) is 12.2 Å². The average Bonchev–Trinajstić information content (AvgIpc) is 2.29. The number of hydrogen-bond donors (Lipinski definition) is 2. The fraction of sp³-hybridized carbons (Fsp3) is 0.692. The largest absolute Gasteiger partial charge is 0.362 e. The van der Waals surface area contributed by atoms with Gasteiger partial charge in [-0.05, 0) is 54.8 Å². The maximum absolute atomic E-state index is 5.05. The van der Waals surface area contributed by atoms with E-state index in [1.54, 1.807) is 0 Å². The van der Waals surface area contributed by atoms with E-state index in [2.05, 4.69) is 35.8 Å². The predicted octanol–water partition coefficient (Wildman–Crippen LogP) is 2.45. The molecule has 3 rings (SSSR count). The lowest BCUT2D eigenvalue weighted by Crippen LogP contribution is -2.48. The molecule has 0 aromatic carbocycles. The van der Waals surface area contributed by atoms with Crippen LogP contribution in [0, 0.1) is 17.3 Å². The van der Waals surface area contributed by atoms with Crippen molar-refractivity contribution in [2.24, 2.45) is 22.4 Å². The molecule has 3 aliphatic rings. The highest BCUT2D eigenvalue weighted by Gasteiger charge is 2.50. The molecule has 0 aliphatic heterocycles. The lowest BCUT2D eigenvalue weighted by atomic mass is 9.49. The van der Waals surface area contributed by atoms with Crippen molar-refractivity contribution in [3.63, 3.8) is 0 Å². The predicted molar refractivity (Wildman–Crippen MR) is 76.0 cm³/mol. The lowest BCUT2D eigenvalue weighted by molar-refractivity contribution is -0.00126. The van der Waals surface area contributed by atoms with Crippen LogP contribution in [0.5, 0.6) is 0 Å². The van der Waals surface area contributed by atoms with E-state index in [9.17, 15) is 0 Å². The maximum atomic E-state index is 5.05. The minimum Gasteiger partial charge on any atom is -0.362 e. The molecule has 1 saturated carbocycles. The monoisotopic (exact) mass is 251 g/mol. The minimum atomic E-state index is 0.457. The highest BCUT2D eigenvalue weighted by atomic mass is 32.1. The first kappa shape index (κ1) is 12.6. The summed E-state index contributed by atoms with van der Waals surface area (Å²) in [5.74, 6) is 1.56. The summed E-state index contributed by atoms with van der Waals surface area (Å²) < 4.78 is 0. The molecule has 3 nitrogen and oxygen atoms in total. The van der Waals surface area contributed by atoms with Crippen LogP contribution in [0.25, 0.3) is 0 Å². The number of hydrogen-bond acceptors (Lipinski definition) is 2. The van der Waals surface area contributed by atoms with Crippen LogP contribution in [0.1, 0.15) is 33.6 Å². The van der Waals surface area contributed by atoms with E-state index in [0.29, 0.717) is 16.4 Å². The number of nitrogens with zero attached hydrogens (tertiary/aromatic N) is 1. The van der Waals surface area contributed by atoms with Gasteiger partial charge in [-0.2, -0.15) is 5.10 Å². The molecular formula is C13H21N3S. The van der Waals surface area contributed by atoms with E-state index in [-0.39, 0.29) is 0 Å². The third-order valence-corrected chi connectivity index (χ3v) is 4.46. The summed E-state index contributed by atoms with van der Waals surface area (Å²) in [6.07, 6.45) is 6.78. The molecule has 2 N–H and O–H groups in total. The van der Waals surface area contributed by atoms with Gasteiger partial charge < -0.3 is 5.32 Å². The van der Waals surface area contributed by atoms with Crippen molar-refractivity contribution in [1.29, 1.82) is 0 Å². The molecule has 0 aromatic heterocycles. The van der Waals surface area contributed by atoms with Gasteiger partial charge >= 0.3 is 0 Å². The Labute approximate surface area is 109 Å². The van der Waals surface area contributed by atoms with Crippen LogP contribution in [-0.4, -0.2) is 17.9 Å². The summed E-state index contributed by atoms with van der Waals surface area (Å²) >= 11 is 5.05. The lowest BCUT2D eigenvalue weighted by Gasteiger charge is -2.55. The first-order valence-electron chi connectivity index (χ1n) is 6.32. The Morgan fingerprint density at radius 3 is 3.00 bits per heavy atom. The van der Waals surface area contributed by atoms with E-state index < -0.39 is 0 Å². The SMILES string of the molecule is CCNC(=S)NN=CC1=CC[C@H]2C[C@H]1C2(C)C. The van der Waals surface area contributed by atoms with E-state index >= 15 is 0 Å². The van der Waals surface area contributed by atoms with Gasteiger partial charge in [0.1, 0.15) is 0 Å². The number of rotatable bonds is 3. The second kappa shape index (κ2) is 4.77. The van der Waals surface area contributed by atoms with Crippen molar-refractivity contribution >= 4 is 23.5 Å². The van der Waals surface area contributed by atoms with Crippen molar-refractivity contribution in [1.82, 2.24) is 10.7 Å². The summed E-state index contributed by atoms with van der Waals surface area (Å²) in [6.45, 7) is 7.56. The Kier molecular flexibility index (Phi) is 3.52. The van der Waals surface area contributed by atoms with Crippen molar-refractivity contribution < 1.29 is 0 Å². The molecule has 0 saturated heterocycles. The van der Waals surface area contributed by atoms with Crippen LogP contribution in [0.3, 0.4) is 0 Å². The Morgan fingerprint density at radius 1 is 1.65 bits per heavy atom. The Balaban J connectivity index is 1.90. The summed E-state index contributed by atoms with van der Waals surface area (Å²) in [5.41, 5.74) is 4.67. The van der Waals surface area contributed by atoms with Crippen molar-refractivity contribution in [3.05, 3.63) is 11.6 Å². The molecular weight excluding hydrogens is 230 g/mol. The summed E-state index contributed by atoms with van der Waals surface area (Å²) in [6, 6.07) is 0. The molecule has 0 radical (unpaired) electrons. The van der Waals surface area contributed by atoms with Gasteiger partial charge in [-0.15, -0.1) is 0 Å². The quantitative estimate of drug-likeness (QED) is 0.459. The Hall–Kier alpha value is -0.900. The van der Waals surface area contributed by atoms with Gasteiger partial charge in [-0.1, -0.05) is 19.9 Å². The highest BCUT2D eigenvalue weighted by Crippen LogP contribution is 2.58. The smallest absolute Gasteiger partial charge is 0.186 e. The molecule has 17 heavy (non-hydrogen) atoms. The number of nitrogens with one attached hydrogen (secondary N) is 2. The number of hydrazone groups is 1. The fourth-order valence-corrected chi connectivity index (χ4v) is 3.11. The molecule has 0 unspecified atom stereocenters. The number of thiocarbonyl (C=S) groups is 1. The van der Waals surface area contributed by atoms with Gasteiger partial charge in [0, 0.05) is 6.54 Å². The van der Waals surface area contributed by atoms with Crippen LogP contribution >= 0.6 is 12.2 Å². The molecule has 2 bridgehead atoms. The van der Waals surface area contributed by atoms with Crippen molar-refractivity contribution in [3.8, 4) is 0 Å². The average molecular weight is 251 g/mol. The van der Waals surface area contributed by atoms with Crippen LogP contribution in [0.2, 0.25) is 0 Å². The van der Waals surface area contributed by atoms with Crippen molar-refractivity contribution in [2.45, 2.75) is 33.6 Å². The number of allylic oxidation sites excluding steroid dienone is 2. The van der Waals surface area contributed by atoms with Gasteiger partial charge in [0.25, 0.3) is 0 Å². The van der Waals surface area contributed by atoms with Crippen LogP contribution in [0.4, 0.5) is 0 Å². The second-order valence-corrected chi connectivity index (χ2v) is 5.88. The third kappa shape index (κ3) is 2.37. The molecule has 1 fully saturated rings. The fourth-order valence-electron chi connectivity index (χ4n) is 2.91. The van der Waals surface area contributed by atoms with Gasteiger partial charge in [0.05, 0.1) is 6.21 Å². The summed E-state index contributed by atoms with van der Waals surface area (Å²) in [5, 5.41) is 7.80. The van der Waals surface area contributed by atoms with E-state index in [0.717, 1.165) is 12.5 Å². The zero-order valence-electron chi connectivity index (χ0n) is 10.8. The molecule has 94 valence electrons. The topological polar surface area (TPSA) is 36.4 Å². The third-order valence-electron chi connectivity index (χ3n) is 4.23. The molecule has 2 atom stereocenters. The normalized spacial score (nSPS) is 29.5. The standard InChI is InChI=1S/C13H21N3S/c1-4-14-12(17)16-15-8-9-5-6-10-7-11(9)13(10,2)3/h5,8,10-11H,4,6-7H2,1-3H3,(H2,14,16,17)/t10-,11+/m0/s1. The zero-order valence-corrected chi connectivity index (χ0v) is 11.6. The Morgan fingerprint density at radius 2 is 2.41 bits per heavy atom. The minimum absolute atomic E-state index is 0.457. The van der Waals surface area contributed by atoms with Gasteiger partial charge in [0.2, 0.25) is 0 Å². The van der Waals surface area contributed by atoms with Crippen molar-refractivity contribution in [2.75, 3.05) is 6.54 Å². The molecule has 0 amide bonds. The molecule has 3 aliphatic carbocycles. The van der Waals surface area contributed by atoms with E-state index in [1.807, 2.05) is 13.1 Å². The highest BCUT2D eigenvalue weighted by molar-refractivity contribution is 7.80. The summed E-state index contributed by atoms with van der Waals surface area (Å²) in [7, 11) is 0. The van der Waals surface area contributed by atoms with Crippen LogP contribution in [-0.2, 0) is 0 Å². The van der Waals surface area contributed by atoms with Gasteiger partial charge in [0.15, 0.2) is 5.11 Å². The number of fused-ring (bicyclic) bond motifs is 1. The van der Waals surface area contributed by atoms with E-state index in [1.165, 1.54) is 18.4 Å². The zero-order chi connectivity index (χ0) is 12.5. The summed E-state index contributed by atoms with van der Waals surface area (Å²) in [4.78, 5) is 0. The molecule has 0 spiro atoms. The molecule has 4 heteroatoms. The first-order chi connectivity index (χ1) is 8.05. The molecule has 0 heterocycles. The Bertz CT molecular complexity index is 371.